The Morgan fingerprint density at radius 3 is 2.41 bits per heavy atom. The minimum absolute atomic E-state index is 0.000342. The van der Waals surface area contributed by atoms with Crippen LogP contribution in [-0.4, -0.2) is 83.4 Å². The average Bonchev–Trinajstić information content (AvgIpc) is 3.52. The molecule has 49 heavy (non-hydrogen) atoms. The van der Waals surface area contributed by atoms with Crippen molar-refractivity contribution in [2.75, 3.05) is 44.5 Å². The first-order valence-corrected chi connectivity index (χ1v) is 17.3. The van der Waals surface area contributed by atoms with Crippen LogP contribution in [0.1, 0.15) is 78.0 Å². The molecule has 0 spiro atoms. The molecule has 0 saturated carbocycles. The maximum absolute atomic E-state index is 13.8. The maximum atomic E-state index is 13.8. The lowest BCUT2D eigenvalue weighted by atomic mass is 9.95. The van der Waals surface area contributed by atoms with Crippen molar-refractivity contribution in [3.05, 3.63) is 54.1 Å². The number of amides is 2. The number of ether oxygens (including phenoxy) is 3. The number of para-hydroxylation sites is 1. The summed E-state index contributed by atoms with van der Waals surface area (Å²) in [6, 6.07) is 15.1. The lowest BCUT2D eigenvalue weighted by molar-refractivity contribution is -0.125. The van der Waals surface area contributed by atoms with E-state index in [1.807, 2.05) is 62.4 Å². The number of aromatic nitrogens is 3. The Bertz CT molecular complexity index is 1520. The van der Waals surface area contributed by atoms with Crippen molar-refractivity contribution in [3.8, 4) is 22.5 Å². The van der Waals surface area contributed by atoms with Crippen LogP contribution in [0.2, 0.25) is 0 Å². The van der Waals surface area contributed by atoms with E-state index >= 15 is 0 Å². The molecule has 266 valence electrons. The first-order chi connectivity index (χ1) is 23.7. The van der Waals surface area contributed by atoms with Gasteiger partial charge in [0, 0.05) is 50.0 Å². The molecule has 1 unspecified atom stereocenters. The molecule has 1 atom stereocenters. The number of ketones is 1. The number of aliphatic hydroxyl groups is 1. The SMILES string of the molecule is CC(C)CCC(=O)CCOCCCNC(=O)CCC(=O)N1Cc2ccccc2-c2c(nnn2C(O)COCCOC(C)C)-c2ccccc21. The number of fused-ring (bicyclic) bond motifs is 5. The summed E-state index contributed by atoms with van der Waals surface area (Å²) in [5.74, 6) is 0.313. The monoisotopic (exact) mass is 677 g/mol. The Balaban J connectivity index is 1.37. The quantitative estimate of drug-likeness (QED) is 0.156. The second-order valence-corrected chi connectivity index (χ2v) is 12.9. The highest BCUT2D eigenvalue weighted by atomic mass is 16.5. The van der Waals surface area contributed by atoms with Crippen LogP contribution >= 0.6 is 0 Å². The van der Waals surface area contributed by atoms with Gasteiger partial charge in [-0.05, 0) is 44.2 Å². The standard InChI is InChI=1S/C37H51N5O7/c1-26(2)14-15-29(43)18-21-47-20-9-19-38-33(44)16-17-34(45)41-24-28-10-5-6-11-30(28)37-36(31-12-7-8-13-32(31)41)39-40-42(37)35(46)25-48-22-23-49-27(3)4/h5-8,10-13,26-27,35,46H,9,14-25H2,1-4H3,(H,38,44). The van der Waals surface area contributed by atoms with Crippen LogP contribution in [0.25, 0.3) is 22.5 Å². The van der Waals surface area contributed by atoms with Crippen LogP contribution in [0.3, 0.4) is 0 Å². The van der Waals surface area contributed by atoms with Gasteiger partial charge in [0.15, 0.2) is 6.23 Å². The third-order valence-corrected chi connectivity index (χ3v) is 8.15. The molecule has 0 aliphatic carbocycles. The molecule has 12 heteroatoms. The Kier molecular flexibility index (Phi) is 14.9. The third-order valence-electron chi connectivity index (χ3n) is 8.15. The summed E-state index contributed by atoms with van der Waals surface area (Å²) in [7, 11) is 0. The topological polar surface area (TPSA) is 145 Å². The number of anilines is 1. The van der Waals surface area contributed by atoms with E-state index < -0.39 is 6.23 Å². The fraction of sp³-hybridized carbons (Fsp3) is 0.541. The predicted molar refractivity (Wildman–Crippen MR) is 187 cm³/mol. The molecule has 0 radical (unpaired) electrons. The first kappa shape index (κ1) is 37.8. The number of rotatable bonds is 20. The predicted octanol–water partition coefficient (Wildman–Crippen LogP) is 5.09. The molecule has 0 fully saturated rings. The lowest BCUT2D eigenvalue weighted by Crippen LogP contribution is -2.33. The highest BCUT2D eigenvalue weighted by molar-refractivity contribution is 6.01. The number of hydrogen-bond acceptors (Lipinski definition) is 9. The van der Waals surface area contributed by atoms with Gasteiger partial charge in [-0.15, -0.1) is 5.10 Å². The number of carbonyl (C=O) groups is 3. The highest BCUT2D eigenvalue weighted by Gasteiger charge is 2.30. The number of aliphatic hydroxyl groups excluding tert-OH is 1. The normalized spacial score (nSPS) is 13.0. The summed E-state index contributed by atoms with van der Waals surface area (Å²) in [4.78, 5) is 40.0. The maximum Gasteiger partial charge on any atom is 0.227 e. The van der Waals surface area contributed by atoms with Gasteiger partial charge in [0.05, 0.1) is 44.8 Å². The zero-order chi connectivity index (χ0) is 35.2. The summed E-state index contributed by atoms with van der Waals surface area (Å²) >= 11 is 0. The van der Waals surface area contributed by atoms with Crippen LogP contribution in [0.4, 0.5) is 5.69 Å². The zero-order valence-corrected chi connectivity index (χ0v) is 29.2. The largest absolute Gasteiger partial charge is 0.381 e. The summed E-state index contributed by atoms with van der Waals surface area (Å²) in [6.45, 7) is 10.4. The number of benzene rings is 2. The van der Waals surface area contributed by atoms with Gasteiger partial charge in [-0.2, -0.15) is 0 Å². The van der Waals surface area contributed by atoms with Gasteiger partial charge in [0.2, 0.25) is 11.8 Å². The van der Waals surface area contributed by atoms with Crippen LogP contribution in [-0.2, 0) is 35.1 Å². The van der Waals surface area contributed by atoms with Crippen molar-refractivity contribution >= 4 is 23.3 Å². The number of nitrogens with one attached hydrogen (secondary N) is 1. The van der Waals surface area contributed by atoms with Gasteiger partial charge < -0.3 is 29.5 Å². The molecule has 12 nitrogen and oxygen atoms in total. The van der Waals surface area contributed by atoms with Gasteiger partial charge in [-0.1, -0.05) is 61.5 Å². The Morgan fingerprint density at radius 1 is 0.878 bits per heavy atom. The third kappa shape index (κ3) is 11.3. The van der Waals surface area contributed by atoms with Crippen molar-refractivity contribution in [2.45, 2.75) is 85.1 Å². The van der Waals surface area contributed by atoms with Gasteiger partial charge in [0.25, 0.3) is 0 Å². The summed E-state index contributed by atoms with van der Waals surface area (Å²) in [5, 5.41) is 22.8. The van der Waals surface area contributed by atoms with Gasteiger partial charge in [0.1, 0.15) is 17.2 Å². The van der Waals surface area contributed by atoms with Crippen molar-refractivity contribution in [2.24, 2.45) is 5.92 Å². The van der Waals surface area contributed by atoms with Crippen molar-refractivity contribution in [1.29, 1.82) is 0 Å². The van der Waals surface area contributed by atoms with E-state index in [-0.39, 0.29) is 49.7 Å². The fourth-order valence-electron chi connectivity index (χ4n) is 5.52. The smallest absolute Gasteiger partial charge is 0.227 e. The summed E-state index contributed by atoms with van der Waals surface area (Å²) in [6.07, 6.45) is 1.57. The van der Waals surface area contributed by atoms with E-state index in [9.17, 15) is 19.5 Å². The minimum Gasteiger partial charge on any atom is -0.381 e. The molecule has 1 aliphatic rings. The molecule has 2 aromatic carbocycles. The molecule has 2 heterocycles. The molecule has 0 saturated heterocycles. The second kappa shape index (κ2) is 19.3. The Labute approximate surface area is 289 Å². The van der Waals surface area contributed by atoms with Crippen LogP contribution < -0.4 is 10.2 Å². The van der Waals surface area contributed by atoms with Gasteiger partial charge in [-0.3, -0.25) is 14.4 Å². The Hall–Kier alpha value is -3.97. The van der Waals surface area contributed by atoms with Crippen LogP contribution in [0, 0.1) is 5.92 Å². The van der Waals surface area contributed by atoms with E-state index in [0.717, 1.165) is 17.5 Å². The molecule has 2 amide bonds. The van der Waals surface area contributed by atoms with E-state index in [1.54, 1.807) is 4.90 Å². The van der Waals surface area contributed by atoms with E-state index in [0.29, 0.717) is 80.8 Å². The van der Waals surface area contributed by atoms with E-state index in [4.69, 9.17) is 14.2 Å². The van der Waals surface area contributed by atoms with Gasteiger partial charge in [-0.25, -0.2) is 4.68 Å². The molecular formula is C37H51N5O7. The molecule has 3 aromatic rings. The zero-order valence-electron chi connectivity index (χ0n) is 29.2. The number of carbonyl (C=O) groups excluding carboxylic acids is 3. The molecule has 4 rings (SSSR count). The molecular weight excluding hydrogens is 626 g/mol. The van der Waals surface area contributed by atoms with Crippen LogP contribution in [0.15, 0.2) is 48.5 Å². The number of nitrogens with zero attached hydrogens (tertiary/aromatic N) is 4. The molecule has 0 bridgehead atoms. The summed E-state index contributed by atoms with van der Waals surface area (Å²) in [5.41, 5.74) is 4.13. The minimum atomic E-state index is -1.10. The van der Waals surface area contributed by atoms with E-state index in [1.165, 1.54) is 4.68 Å². The van der Waals surface area contributed by atoms with Crippen LogP contribution in [0.5, 0.6) is 0 Å². The van der Waals surface area contributed by atoms with Crippen molar-refractivity contribution in [3.63, 3.8) is 0 Å². The lowest BCUT2D eigenvalue weighted by Gasteiger charge is -2.29. The van der Waals surface area contributed by atoms with Crippen molar-refractivity contribution < 1.29 is 33.7 Å². The summed E-state index contributed by atoms with van der Waals surface area (Å²) < 4.78 is 18.2. The highest BCUT2D eigenvalue weighted by Crippen LogP contribution is 2.41. The number of Topliss-reactive ketones (excluding diaryl/α,β-unsaturated/α-hetero) is 1. The fourth-order valence-corrected chi connectivity index (χ4v) is 5.52. The molecule has 1 aliphatic heterocycles. The Morgan fingerprint density at radius 2 is 1.63 bits per heavy atom. The average molecular weight is 678 g/mol. The molecule has 2 N–H and O–H groups in total. The molecule has 1 aromatic heterocycles. The van der Waals surface area contributed by atoms with Crippen molar-refractivity contribution in [1.82, 2.24) is 20.3 Å². The second-order valence-electron chi connectivity index (χ2n) is 12.9. The number of hydrogen-bond donors (Lipinski definition) is 2. The first-order valence-electron chi connectivity index (χ1n) is 17.3. The van der Waals surface area contributed by atoms with E-state index in [2.05, 4.69) is 29.5 Å². The van der Waals surface area contributed by atoms with Gasteiger partial charge >= 0.3 is 0 Å².